The van der Waals surface area contributed by atoms with Crippen molar-refractivity contribution >= 4 is 23.7 Å². The summed E-state index contributed by atoms with van der Waals surface area (Å²) in [6.07, 6.45) is 8.33. The Morgan fingerprint density at radius 1 is 1.13 bits per heavy atom. The molecule has 3 amide bonds. The maximum atomic E-state index is 12.3. The zero-order chi connectivity index (χ0) is 20.8. The van der Waals surface area contributed by atoms with Gasteiger partial charge in [0.15, 0.2) is 5.16 Å². The second kappa shape index (κ2) is 10.1. The Morgan fingerprint density at radius 2 is 1.93 bits per heavy atom. The van der Waals surface area contributed by atoms with Crippen LogP contribution in [0.25, 0.3) is 11.3 Å². The number of hydrogen-bond donors (Lipinski definition) is 2. The Bertz CT molecular complexity index is 859. The Kier molecular flexibility index (Phi) is 7.07. The fraction of sp³-hybridized carbons (Fsp3) is 0.500. The molecule has 2 fully saturated rings. The molecule has 30 heavy (non-hydrogen) atoms. The maximum absolute atomic E-state index is 12.3. The van der Waals surface area contributed by atoms with Crippen molar-refractivity contribution in [1.82, 2.24) is 20.2 Å². The standard InChI is InChI=1S/C22H28N4O3S/c27-20(25-21(28)24-17-9-4-5-10-17)15-30-22-23-13-19(16-7-2-1-3-8-16)26(22)14-18-11-6-12-29-18/h1-3,7-8,13,17-18H,4-6,9-12,14-15H2,(H2,24,25,27,28). The Balaban J connectivity index is 1.39. The lowest BCUT2D eigenvalue weighted by Gasteiger charge is -2.16. The van der Waals surface area contributed by atoms with Gasteiger partial charge in [0.05, 0.1) is 30.3 Å². The molecule has 7 nitrogen and oxygen atoms in total. The lowest BCUT2D eigenvalue weighted by Crippen LogP contribution is -2.44. The molecule has 8 heteroatoms. The van der Waals surface area contributed by atoms with E-state index in [1.165, 1.54) is 11.8 Å². The number of carbonyl (C=O) groups is 2. The fourth-order valence-corrected chi connectivity index (χ4v) is 4.85. The van der Waals surface area contributed by atoms with Gasteiger partial charge in [-0.2, -0.15) is 0 Å². The molecule has 1 aliphatic carbocycles. The molecular weight excluding hydrogens is 400 g/mol. The zero-order valence-electron chi connectivity index (χ0n) is 17.0. The summed E-state index contributed by atoms with van der Waals surface area (Å²) in [6, 6.07) is 9.88. The number of benzene rings is 1. The van der Waals surface area contributed by atoms with Gasteiger partial charge in [0.2, 0.25) is 5.91 Å². The van der Waals surface area contributed by atoms with E-state index in [4.69, 9.17) is 4.74 Å². The van der Waals surface area contributed by atoms with E-state index >= 15 is 0 Å². The van der Waals surface area contributed by atoms with Crippen molar-refractivity contribution in [3.8, 4) is 11.3 Å². The molecule has 0 spiro atoms. The number of nitrogens with zero attached hydrogens (tertiary/aromatic N) is 2. The molecule has 1 unspecified atom stereocenters. The second-order valence-electron chi connectivity index (χ2n) is 7.83. The first-order chi connectivity index (χ1) is 14.7. The lowest BCUT2D eigenvalue weighted by molar-refractivity contribution is -0.117. The van der Waals surface area contributed by atoms with Gasteiger partial charge in [-0.15, -0.1) is 0 Å². The Labute approximate surface area is 181 Å². The largest absolute Gasteiger partial charge is 0.376 e. The van der Waals surface area contributed by atoms with Crippen LogP contribution in [0.15, 0.2) is 41.7 Å². The lowest BCUT2D eigenvalue weighted by atomic mass is 10.1. The normalized spacial score (nSPS) is 19.1. The molecule has 1 aromatic heterocycles. The fourth-order valence-electron chi connectivity index (χ4n) is 4.07. The van der Waals surface area contributed by atoms with E-state index in [0.29, 0.717) is 6.54 Å². The van der Waals surface area contributed by atoms with Crippen molar-refractivity contribution in [3.05, 3.63) is 36.5 Å². The smallest absolute Gasteiger partial charge is 0.321 e. The van der Waals surface area contributed by atoms with E-state index in [-0.39, 0.29) is 23.8 Å². The predicted molar refractivity (Wildman–Crippen MR) is 116 cm³/mol. The number of imidazole rings is 1. The molecule has 0 bridgehead atoms. The molecule has 2 aromatic rings. The molecule has 2 aliphatic rings. The summed E-state index contributed by atoms with van der Waals surface area (Å²) in [7, 11) is 0. The number of nitrogens with one attached hydrogen (secondary N) is 2. The van der Waals surface area contributed by atoms with Crippen LogP contribution >= 0.6 is 11.8 Å². The molecule has 160 valence electrons. The van der Waals surface area contributed by atoms with Gasteiger partial charge in [-0.1, -0.05) is 54.9 Å². The van der Waals surface area contributed by atoms with E-state index < -0.39 is 6.03 Å². The number of carbonyl (C=O) groups excluding carboxylic acids is 2. The van der Waals surface area contributed by atoms with Gasteiger partial charge in [0.25, 0.3) is 0 Å². The minimum absolute atomic E-state index is 0.134. The highest BCUT2D eigenvalue weighted by Crippen LogP contribution is 2.28. The predicted octanol–water partition coefficient (Wildman–Crippen LogP) is 3.59. The Hall–Kier alpha value is -2.32. The highest BCUT2D eigenvalue weighted by molar-refractivity contribution is 7.99. The quantitative estimate of drug-likeness (QED) is 0.659. The molecule has 1 aliphatic heterocycles. The SMILES string of the molecule is O=C(CSc1ncc(-c2ccccc2)n1CC1CCCO1)NC(=O)NC1CCCC1. The van der Waals surface area contributed by atoms with Crippen molar-refractivity contribution in [3.63, 3.8) is 0 Å². The van der Waals surface area contributed by atoms with Crippen LogP contribution in [0.2, 0.25) is 0 Å². The maximum Gasteiger partial charge on any atom is 0.321 e. The number of urea groups is 1. The summed E-state index contributed by atoms with van der Waals surface area (Å²) in [4.78, 5) is 28.9. The van der Waals surface area contributed by atoms with Gasteiger partial charge in [-0.25, -0.2) is 9.78 Å². The molecule has 2 N–H and O–H groups in total. The number of ether oxygens (including phenoxy) is 1. The number of rotatable bonds is 7. The molecule has 0 radical (unpaired) electrons. The first-order valence-electron chi connectivity index (χ1n) is 10.6. The van der Waals surface area contributed by atoms with Gasteiger partial charge < -0.3 is 14.6 Å². The molecule has 4 rings (SSSR count). The van der Waals surface area contributed by atoms with Crippen molar-refractivity contribution in [2.45, 2.75) is 62.4 Å². The van der Waals surface area contributed by atoms with Crippen LogP contribution in [0, 0.1) is 0 Å². The van der Waals surface area contributed by atoms with Crippen molar-refractivity contribution < 1.29 is 14.3 Å². The summed E-state index contributed by atoms with van der Waals surface area (Å²) in [5, 5.41) is 6.07. The van der Waals surface area contributed by atoms with Crippen LogP contribution in [-0.4, -0.2) is 46.0 Å². The van der Waals surface area contributed by atoms with Crippen molar-refractivity contribution in [2.75, 3.05) is 12.4 Å². The van der Waals surface area contributed by atoms with Crippen LogP contribution in [-0.2, 0) is 16.1 Å². The molecule has 1 aromatic carbocycles. The average molecular weight is 429 g/mol. The highest BCUT2D eigenvalue weighted by atomic mass is 32.2. The summed E-state index contributed by atoms with van der Waals surface area (Å²) >= 11 is 1.34. The highest BCUT2D eigenvalue weighted by Gasteiger charge is 2.22. The molecule has 1 atom stereocenters. The second-order valence-corrected chi connectivity index (χ2v) is 8.77. The van der Waals surface area contributed by atoms with Crippen LogP contribution in [0.4, 0.5) is 4.79 Å². The number of hydrogen-bond acceptors (Lipinski definition) is 5. The van der Waals surface area contributed by atoms with Crippen molar-refractivity contribution in [1.29, 1.82) is 0 Å². The minimum Gasteiger partial charge on any atom is -0.376 e. The van der Waals surface area contributed by atoms with Crippen molar-refractivity contribution in [2.24, 2.45) is 0 Å². The molecule has 1 saturated carbocycles. The van der Waals surface area contributed by atoms with Gasteiger partial charge in [0.1, 0.15) is 0 Å². The zero-order valence-corrected chi connectivity index (χ0v) is 17.8. The third-order valence-corrected chi connectivity index (χ3v) is 6.56. The first-order valence-corrected chi connectivity index (χ1v) is 11.6. The van der Waals surface area contributed by atoms with Crippen LogP contribution < -0.4 is 10.6 Å². The number of imide groups is 1. The monoisotopic (exact) mass is 428 g/mol. The summed E-state index contributed by atoms with van der Waals surface area (Å²) in [6.45, 7) is 1.50. The third kappa shape index (κ3) is 5.43. The van der Waals surface area contributed by atoms with Gasteiger partial charge in [-0.3, -0.25) is 10.1 Å². The van der Waals surface area contributed by atoms with E-state index in [0.717, 1.165) is 61.5 Å². The van der Waals surface area contributed by atoms with E-state index in [1.807, 2.05) is 24.4 Å². The van der Waals surface area contributed by atoms with Crippen LogP contribution in [0.5, 0.6) is 0 Å². The average Bonchev–Trinajstić information content (AvgIpc) is 3.50. The van der Waals surface area contributed by atoms with Gasteiger partial charge >= 0.3 is 6.03 Å². The topological polar surface area (TPSA) is 85.2 Å². The van der Waals surface area contributed by atoms with Crippen LogP contribution in [0.3, 0.4) is 0 Å². The third-order valence-electron chi connectivity index (χ3n) is 5.57. The first kappa shape index (κ1) is 20.9. The number of amides is 3. The molecule has 1 saturated heterocycles. The minimum atomic E-state index is -0.403. The van der Waals surface area contributed by atoms with Crippen LogP contribution in [0.1, 0.15) is 38.5 Å². The van der Waals surface area contributed by atoms with E-state index in [2.05, 4.69) is 32.3 Å². The summed E-state index contributed by atoms with van der Waals surface area (Å²) in [5.41, 5.74) is 2.09. The van der Waals surface area contributed by atoms with Gasteiger partial charge in [-0.05, 0) is 31.2 Å². The Morgan fingerprint density at radius 3 is 2.67 bits per heavy atom. The van der Waals surface area contributed by atoms with Gasteiger partial charge in [0, 0.05) is 12.6 Å². The summed E-state index contributed by atoms with van der Waals surface area (Å²) < 4.78 is 7.95. The van der Waals surface area contributed by atoms with E-state index in [9.17, 15) is 9.59 Å². The summed E-state index contributed by atoms with van der Waals surface area (Å²) in [5.74, 6) is -0.182. The number of aromatic nitrogens is 2. The number of thioether (sulfide) groups is 1. The molecule has 2 heterocycles. The van der Waals surface area contributed by atoms with E-state index in [1.54, 1.807) is 0 Å². The molecular formula is C22H28N4O3S.